The zero-order chi connectivity index (χ0) is 9.84. The van der Waals surface area contributed by atoms with Gasteiger partial charge in [0, 0.05) is 17.6 Å². The fourth-order valence-electron chi connectivity index (χ4n) is 1.23. The normalized spacial score (nSPS) is 10.0. The summed E-state index contributed by atoms with van der Waals surface area (Å²) in [7, 11) is 1.92. The van der Waals surface area contributed by atoms with Gasteiger partial charge in [-0.15, -0.1) is 0 Å². The van der Waals surface area contributed by atoms with Crippen LogP contribution in [0.5, 0.6) is 0 Å². The minimum atomic E-state index is -0.995. The van der Waals surface area contributed by atoms with E-state index >= 15 is 0 Å². The Morgan fingerprint density at radius 3 is 2.92 bits per heavy atom. The zero-order valence-electron chi connectivity index (χ0n) is 7.91. The highest BCUT2D eigenvalue weighted by Crippen LogP contribution is 2.06. The summed E-state index contributed by atoms with van der Waals surface area (Å²) < 4.78 is 1.91. The van der Waals surface area contributed by atoms with Crippen molar-refractivity contribution >= 4 is 5.97 Å². The van der Waals surface area contributed by atoms with Gasteiger partial charge in [-0.25, -0.2) is 4.57 Å². The number of rotatable bonds is 3. The second-order valence-corrected chi connectivity index (χ2v) is 3.19. The van der Waals surface area contributed by atoms with Gasteiger partial charge in [0.2, 0.25) is 0 Å². The van der Waals surface area contributed by atoms with Gasteiger partial charge in [-0.2, -0.15) is 0 Å². The molecule has 1 aromatic heterocycles. The topological polar surface area (TPSA) is 44.0 Å². The van der Waals surface area contributed by atoms with Crippen molar-refractivity contribution < 1.29 is 14.5 Å². The lowest BCUT2D eigenvalue weighted by atomic mass is 10.1. The third kappa shape index (κ3) is 2.86. The molecule has 0 aliphatic heterocycles. The van der Waals surface area contributed by atoms with Crippen molar-refractivity contribution in [3.05, 3.63) is 29.6 Å². The zero-order valence-corrected chi connectivity index (χ0v) is 7.91. The molecule has 0 bridgehead atoms. The minimum Gasteiger partial charge on any atom is -0.550 e. The third-order valence-corrected chi connectivity index (χ3v) is 2.02. The van der Waals surface area contributed by atoms with Crippen LogP contribution in [0.4, 0.5) is 0 Å². The molecule has 0 saturated heterocycles. The maximum atomic E-state index is 10.3. The SMILES string of the molecule is Cc1cc[n+](C)cc1CCC(=O)[O-]. The first kappa shape index (κ1) is 9.71. The van der Waals surface area contributed by atoms with Gasteiger partial charge < -0.3 is 9.90 Å². The quantitative estimate of drug-likeness (QED) is 0.587. The van der Waals surface area contributed by atoms with Crippen LogP contribution >= 0.6 is 0 Å². The van der Waals surface area contributed by atoms with Crippen LogP contribution < -0.4 is 9.67 Å². The van der Waals surface area contributed by atoms with E-state index in [0.717, 1.165) is 11.1 Å². The Balaban J connectivity index is 2.75. The van der Waals surface area contributed by atoms with E-state index in [-0.39, 0.29) is 6.42 Å². The van der Waals surface area contributed by atoms with E-state index in [9.17, 15) is 9.90 Å². The van der Waals surface area contributed by atoms with Crippen LogP contribution in [0.2, 0.25) is 0 Å². The molecule has 0 unspecified atom stereocenters. The average molecular weight is 179 g/mol. The summed E-state index contributed by atoms with van der Waals surface area (Å²) >= 11 is 0. The first-order valence-electron chi connectivity index (χ1n) is 4.24. The molecule has 1 heterocycles. The van der Waals surface area contributed by atoms with Gasteiger partial charge in [-0.3, -0.25) is 0 Å². The number of hydrogen-bond donors (Lipinski definition) is 0. The number of hydrogen-bond acceptors (Lipinski definition) is 2. The Hall–Kier alpha value is -1.38. The molecule has 0 saturated carbocycles. The van der Waals surface area contributed by atoms with Gasteiger partial charge in [0.15, 0.2) is 12.4 Å². The number of carboxylic acids is 1. The number of aromatic nitrogens is 1. The van der Waals surface area contributed by atoms with Crippen molar-refractivity contribution in [2.75, 3.05) is 0 Å². The molecule has 0 amide bonds. The lowest BCUT2D eigenvalue weighted by Crippen LogP contribution is -2.28. The molecular weight excluding hydrogens is 166 g/mol. The molecule has 0 spiro atoms. The van der Waals surface area contributed by atoms with Crippen LogP contribution in [0.3, 0.4) is 0 Å². The smallest absolute Gasteiger partial charge is 0.171 e. The van der Waals surface area contributed by atoms with Crippen LogP contribution in [0.1, 0.15) is 17.5 Å². The molecule has 13 heavy (non-hydrogen) atoms. The second-order valence-electron chi connectivity index (χ2n) is 3.19. The number of aliphatic carboxylic acids is 1. The van der Waals surface area contributed by atoms with Crippen LogP contribution in [0.15, 0.2) is 18.5 Å². The summed E-state index contributed by atoms with van der Waals surface area (Å²) in [5.41, 5.74) is 2.19. The molecule has 0 fully saturated rings. The maximum absolute atomic E-state index is 10.3. The summed E-state index contributed by atoms with van der Waals surface area (Å²) in [6, 6.07) is 1.98. The van der Waals surface area contributed by atoms with Crippen LogP contribution in [0, 0.1) is 6.92 Å². The van der Waals surface area contributed by atoms with E-state index in [1.54, 1.807) is 0 Å². The lowest BCUT2D eigenvalue weighted by molar-refractivity contribution is -0.672. The molecule has 3 nitrogen and oxygen atoms in total. The Labute approximate surface area is 77.6 Å². The van der Waals surface area contributed by atoms with Crippen LogP contribution in [-0.4, -0.2) is 5.97 Å². The summed E-state index contributed by atoms with van der Waals surface area (Å²) in [6.45, 7) is 1.98. The fraction of sp³-hybridized carbons (Fsp3) is 0.400. The predicted molar refractivity (Wildman–Crippen MR) is 45.7 cm³/mol. The summed E-state index contributed by atoms with van der Waals surface area (Å²) in [5, 5.41) is 10.3. The molecule has 70 valence electrons. The van der Waals surface area contributed by atoms with E-state index in [1.165, 1.54) is 0 Å². The highest BCUT2D eigenvalue weighted by Gasteiger charge is 2.02. The fourth-order valence-corrected chi connectivity index (χ4v) is 1.23. The number of nitrogens with zero attached hydrogens (tertiary/aromatic N) is 1. The number of carboxylic acid groups (broad SMARTS) is 1. The van der Waals surface area contributed by atoms with Crippen molar-refractivity contribution in [2.45, 2.75) is 19.8 Å². The summed E-state index contributed by atoms with van der Waals surface area (Å²) in [6.07, 6.45) is 4.52. The standard InChI is InChI=1S/C10H13NO2/c1-8-5-6-11(2)7-9(8)3-4-10(12)13/h5-7H,3-4H2,1-2H3. The first-order valence-corrected chi connectivity index (χ1v) is 4.24. The Bertz CT molecular complexity index is 321. The van der Waals surface area contributed by atoms with E-state index in [2.05, 4.69) is 0 Å². The molecule has 3 heteroatoms. The van der Waals surface area contributed by atoms with Gasteiger partial charge >= 0.3 is 0 Å². The summed E-state index contributed by atoms with van der Waals surface area (Å²) in [5.74, 6) is -0.995. The molecule has 1 aromatic rings. The van der Waals surface area contributed by atoms with Gasteiger partial charge in [0.25, 0.3) is 0 Å². The van der Waals surface area contributed by atoms with Gasteiger partial charge in [0.1, 0.15) is 7.05 Å². The average Bonchev–Trinajstić information content (AvgIpc) is 2.06. The Morgan fingerprint density at radius 1 is 1.62 bits per heavy atom. The van der Waals surface area contributed by atoms with E-state index in [4.69, 9.17) is 0 Å². The van der Waals surface area contributed by atoms with Gasteiger partial charge in [-0.05, 0) is 25.3 Å². The highest BCUT2D eigenvalue weighted by molar-refractivity contribution is 5.64. The number of aryl methyl sites for hydroxylation is 3. The summed E-state index contributed by atoms with van der Waals surface area (Å²) in [4.78, 5) is 10.3. The minimum absolute atomic E-state index is 0.0881. The van der Waals surface area contributed by atoms with Gasteiger partial charge in [0.05, 0.1) is 0 Å². The second kappa shape index (κ2) is 4.03. The number of carbonyl (C=O) groups is 1. The number of pyridine rings is 1. The Kier molecular flexibility index (Phi) is 3.01. The van der Waals surface area contributed by atoms with E-state index in [1.807, 2.05) is 37.0 Å². The first-order chi connectivity index (χ1) is 6.09. The van der Waals surface area contributed by atoms with E-state index in [0.29, 0.717) is 6.42 Å². The molecule has 0 aliphatic carbocycles. The molecule has 0 atom stereocenters. The van der Waals surface area contributed by atoms with Crippen molar-refractivity contribution in [3.63, 3.8) is 0 Å². The molecule has 0 radical (unpaired) electrons. The Morgan fingerprint density at radius 2 is 2.31 bits per heavy atom. The van der Waals surface area contributed by atoms with Crippen LogP contribution in [0.25, 0.3) is 0 Å². The monoisotopic (exact) mass is 179 g/mol. The largest absolute Gasteiger partial charge is 0.550 e. The van der Waals surface area contributed by atoms with Crippen molar-refractivity contribution in [1.82, 2.24) is 0 Å². The maximum Gasteiger partial charge on any atom is 0.171 e. The molecule has 0 aliphatic rings. The van der Waals surface area contributed by atoms with Crippen LogP contribution in [-0.2, 0) is 18.3 Å². The lowest BCUT2D eigenvalue weighted by Gasteiger charge is -2.03. The molecule has 1 rings (SSSR count). The van der Waals surface area contributed by atoms with E-state index < -0.39 is 5.97 Å². The molecular formula is C10H13NO2. The molecule has 0 aromatic carbocycles. The van der Waals surface area contributed by atoms with Crippen molar-refractivity contribution in [3.8, 4) is 0 Å². The molecule has 0 N–H and O–H groups in total. The predicted octanol–water partition coefficient (Wildman–Crippen LogP) is -0.498. The highest BCUT2D eigenvalue weighted by atomic mass is 16.4. The van der Waals surface area contributed by atoms with Crippen molar-refractivity contribution in [2.24, 2.45) is 7.05 Å². The van der Waals surface area contributed by atoms with Gasteiger partial charge in [-0.1, -0.05) is 0 Å². The van der Waals surface area contributed by atoms with Crippen molar-refractivity contribution in [1.29, 1.82) is 0 Å². The number of carbonyl (C=O) groups excluding carboxylic acids is 1. The third-order valence-electron chi connectivity index (χ3n) is 2.02.